The number of fused-ring (bicyclic) bond motifs is 1. The Morgan fingerprint density at radius 3 is 2.70 bits per heavy atom. The number of carbonyl (C=O) groups excluding carboxylic acids is 1. The Labute approximate surface area is 260 Å². The molecule has 3 N–H and O–H groups in total. The molecule has 0 saturated heterocycles. The Kier molecular flexibility index (Phi) is 7.81. The van der Waals surface area contributed by atoms with Gasteiger partial charge < -0.3 is 15.8 Å². The van der Waals surface area contributed by atoms with Gasteiger partial charge in [-0.25, -0.2) is 19.3 Å². The van der Waals surface area contributed by atoms with Crippen LogP contribution in [-0.2, 0) is 18.4 Å². The maximum atomic E-state index is 15.6. The van der Waals surface area contributed by atoms with Crippen molar-refractivity contribution in [1.82, 2.24) is 30.0 Å². The number of carbonyl (C=O) groups is 1. The monoisotopic (exact) mass is 625 g/mol. The molecule has 9 nitrogen and oxygen atoms in total. The van der Waals surface area contributed by atoms with Crippen LogP contribution in [0, 0.1) is 12.7 Å². The highest BCUT2D eigenvalue weighted by Crippen LogP contribution is 2.51. The number of benzene rings is 2. The highest BCUT2D eigenvalue weighted by atomic mass is 35.5. The van der Waals surface area contributed by atoms with Gasteiger partial charge in [-0.2, -0.15) is 5.10 Å². The third-order valence-electron chi connectivity index (χ3n) is 6.88. The zero-order valence-electron chi connectivity index (χ0n) is 23.6. The van der Waals surface area contributed by atoms with E-state index >= 15 is 4.39 Å². The fraction of sp³-hybridized carbons (Fsp3) is 0.0938. The minimum atomic E-state index is -0.604. The molecular weight excluding hydrogens is 601 g/mol. The largest absolute Gasteiger partial charge is 0.421 e. The number of ether oxygens (including phenoxy) is 1. The number of hydrogen-bond donors (Lipinski definition) is 2. The third-order valence-corrected chi connectivity index (χ3v) is 8.45. The molecule has 220 valence electrons. The number of nitrogens with zero attached hydrogens (tertiary/aromatic N) is 5. The summed E-state index contributed by atoms with van der Waals surface area (Å²) in [5.41, 5.74) is 11.7. The highest BCUT2D eigenvalue weighted by molar-refractivity contribution is 7.23. The average molecular weight is 626 g/mol. The zero-order valence-corrected chi connectivity index (χ0v) is 25.2. The van der Waals surface area contributed by atoms with E-state index in [1.54, 1.807) is 48.4 Å². The Morgan fingerprint density at radius 1 is 1.16 bits per heavy atom. The molecule has 0 saturated carbocycles. The van der Waals surface area contributed by atoms with Crippen molar-refractivity contribution in [2.75, 3.05) is 5.73 Å². The Morgan fingerprint density at radius 2 is 2.00 bits per heavy atom. The van der Waals surface area contributed by atoms with Crippen LogP contribution in [0.25, 0.3) is 42.8 Å². The second-order valence-electron chi connectivity index (χ2n) is 9.93. The zero-order chi connectivity index (χ0) is 31.0. The first-order valence-electron chi connectivity index (χ1n) is 13.4. The molecule has 44 heavy (non-hydrogen) atoms. The minimum Gasteiger partial charge on any atom is -0.421 e. The van der Waals surface area contributed by atoms with Crippen LogP contribution in [0.3, 0.4) is 0 Å². The van der Waals surface area contributed by atoms with E-state index in [4.69, 9.17) is 22.1 Å². The van der Waals surface area contributed by atoms with Crippen LogP contribution < -0.4 is 15.8 Å². The Hall–Kier alpha value is -5.13. The number of pyridine rings is 1. The molecule has 0 unspecified atom stereocenters. The fourth-order valence-corrected chi connectivity index (χ4v) is 6.54. The van der Waals surface area contributed by atoms with Gasteiger partial charge >= 0.3 is 6.01 Å². The lowest BCUT2D eigenvalue weighted by atomic mass is 9.97. The van der Waals surface area contributed by atoms with E-state index in [0.717, 1.165) is 26.3 Å². The molecule has 0 aliphatic rings. The number of rotatable bonds is 8. The number of aromatic nitrogens is 5. The number of halogens is 2. The first-order valence-corrected chi connectivity index (χ1v) is 14.6. The maximum Gasteiger partial charge on any atom is 0.322 e. The number of nitrogens with one attached hydrogen (secondary N) is 1. The van der Waals surface area contributed by atoms with Gasteiger partial charge in [0.05, 0.1) is 6.20 Å². The summed E-state index contributed by atoms with van der Waals surface area (Å²) >= 11 is 8.34. The van der Waals surface area contributed by atoms with E-state index in [9.17, 15) is 4.79 Å². The van der Waals surface area contributed by atoms with Crippen molar-refractivity contribution >= 4 is 44.7 Å². The van der Waals surface area contributed by atoms with Crippen LogP contribution in [-0.4, -0.2) is 30.6 Å². The standard InChI is InChI=1S/C32H25ClFN7O2S/c1-4-26(42)37-13-18-5-7-21(23(33)11-18)29-27(19-6-8-25(24(34)12-19)43-32-36-10-9-17(2)40-32)28-30(44-29)22(15-38-31(28)35)20-14-39-41(3)16-20/h4-12,14-16H,1,13H2,2-3H3,(H2,35,38)(H,37,42). The van der Waals surface area contributed by atoms with Gasteiger partial charge in [0.15, 0.2) is 11.6 Å². The van der Waals surface area contributed by atoms with Gasteiger partial charge in [0.25, 0.3) is 0 Å². The van der Waals surface area contributed by atoms with Crippen molar-refractivity contribution < 1.29 is 13.9 Å². The van der Waals surface area contributed by atoms with E-state index in [1.165, 1.54) is 29.5 Å². The summed E-state index contributed by atoms with van der Waals surface area (Å²) in [4.78, 5) is 25.2. The number of amides is 1. The SMILES string of the molecule is C=CC(=O)NCc1ccc(-c2sc3c(-c4cnn(C)c4)cnc(N)c3c2-c2ccc(Oc3nccc(C)n3)c(F)c2)c(Cl)c1. The Balaban J connectivity index is 1.52. The molecule has 1 amide bonds. The first-order chi connectivity index (χ1) is 21.2. The molecular formula is C32H25ClFN7O2S. The molecule has 0 aliphatic carbocycles. The molecule has 0 bridgehead atoms. The second-order valence-corrected chi connectivity index (χ2v) is 11.4. The van der Waals surface area contributed by atoms with Crippen LogP contribution in [0.1, 0.15) is 11.3 Å². The molecule has 4 heterocycles. The van der Waals surface area contributed by atoms with Gasteiger partial charge in [-0.15, -0.1) is 11.3 Å². The number of nitrogens with two attached hydrogens (primary N) is 1. The van der Waals surface area contributed by atoms with Gasteiger partial charge in [0.1, 0.15) is 5.82 Å². The van der Waals surface area contributed by atoms with Crippen molar-refractivity contribution in [3.8, 4) is 44.5 Å². The van der Waals surface area contributed by atoms with Crippen molar-refractivity contribution in [2.45, 2.75) is 13.5 Å². The summed E-state index contributed by atoms with van der Waals surface area (Å²) in [6.45, 7) is 5.56. The number of anilines is 1. The Bertz CT molecular complexity index is 2070. The molecule has 6 aromatic rings. The maximum absolute atomic E-state index is 15.6. The van der Waals surface area contributed by atoms with E-state index in [1.807, 2.05) is 25.4 Å². The number of aryl methyl sites for hydroxylation is 2. The van der Waals surface area contributed by atoms with Crippen LogP contribution in [0.5, 0.6) is 11.8 Å². The molecule has 4 aromatic heterocycles. The summed E-state index contributed by atoms with van der Waals surface area (Å²) in [5.74, 6) is -0.621. The first kappa shape index (κ1) is 29.0. The van der Waals surface area contributed by atoms with E-state index in [2.05, 4.69) is 31.9 Å². The predicted octanol–water partition coefficient (Wildman–Crippen LogP) is 7.10. The van der Waals surface area contributed by atoms with Crippen molar-refractivity contribution in [3.63, 3.8) is 0 Å². The van der Waals surface area contributed by atoms with E-state index < -0.39 is 5.82 Å². The molecule has 0 aliphatic heterocycles. The summed E-state index contributed by atoms with van der Waals surface area (Å²) in [6, 6.07) is 12.0. The lowest BCUT2D eigenvalue weighted by molar-refractivity contribution is -0.116. The van der Waals surface area contributed by atoms with E-state index in [-0.39, 0.29) is 24.2 Å². The lowest BCUT2D eigenvalue weighted by Gasteiger charge is -2.12. The second kappa shape index (κ2) is 11.9. The van der Waals surface area contributed by atoms with Crippen molar-refractivity contribution in [1.29, 1.82) is 0 Å². The number of nitrogen functional groups attached to an aromatic ring is 1. The van der Waals surface area contributed by atoms with Gasteiger partial charge in [0, 0.05) is 80.1 Å². The predicted molar refractivity (Wildman–Crippen MR) is 171 cm³/mol. The third kappa shape index (κ3) is 5.62. The summed E-state index contributed by atoms with van der Waals surface area (Å²) < 4.78 is 23.8. The summed E-state index contributed by atoms with van der Waals surface area (Å²) in [6.07, 6.45) is 8.12. The van der Waals surface area contributed by atoms with Crippen LogP contribution in [0.2, 0.25) is 5.02 Å². The van der Waals surface area contributed by atoms with Crippen LogP contribution >= 0.6 is 22.9 Å². The molecule has 0 radical (unpaired) electrons. The number of thiophene rings is 1. The van der Waals surface area contributed by atoms with Crippen LogP contribution in [0.4, 0.5) is 10.2 Å². The highest BCUT2D eigenvalue weighted by Gasteiger charge is 2.24. The lowest BCUT2D eigenvalue weighted by Crippen LogP contribution is -2.19. The molecule has 6 rings (SSSR count). The quantitative estimate of drug-likeness (QED) is 0.173. The van der Waals surface area contributed by atoms with Crippen LogP contribution in [0.15, 0.2) is 79.9 Å². The minimum absolute atomic E-state index is 0.0217. The van der Waals surface area contributed by atoms with Crippen molar-refractivity contribution in [2.24, 2.45) is 7.05 Å². The molecule has 0 fully saturated rings. The van der Waals surface area contributed by atoms with Crippen molar-refractivity contribution in [3.05, 3.63) is 102 Å². The summed E-state index contributed by atoms with van der Waals surface area (Å²) in [5, 5.41) is 8.19. The summed E-state index contributed by atoms with van der Waals surface area (Å²) in [7, 11) is 1.84. The van der Waals surface area contributed by atoms with E-state index in [0.29, 0.717) is 38.6 Å². The topological polar surface area (TPSA) is 121 Å². The average Bonchev–Trinajstić information content (AvgIpc) is 3.62. The molecule has 0 atom stereocenters. The molecule has 0 spiro atoms. The number of hydrogen-bond acceptors (Lipinski definition) is 8. The van der Waals surface area contributed by atoms with Gasteiger partial charge in [-0.05, 0) is 48.4 Å². The molecule has 12 heteroatoms. The smallest absolute Gasteiger partial charge is 0.322 e. The fourth-order valence-electron chi connectivity index (χ4n) is 4.78. The normalized spacial score (nSPS) is 11.1. The van der Waals surface area contributed by atoms with Gasteiger partial charge in [-0.1, -0.05) is 36.4 Å². The molecule has 2 aromatic carbocycles. The van der Waals surface area contributed by atoms with Gasteiger partial charge in [-0.3, -0.25) is 9.48 Å². The van der Waals surface area contributed by atoms with Gasteiger partial charge in [0.2, 0.25) is 5.91 Å².